The molecule has 1 atom stereocenters. The van der Waals surface area contributed by atoms with Crippen molar-refractivity contribution in [3.63, 3.8) is 0 Å². The van der Waals surface area contributed by atoms with Crippen LogP contribution in [-0.4, -0.2) is 78.8 Å². The van der Waals surface area contributed by atoms with Crippen molar-refractivity contribution in [3.05, 3.63) is 35.9 Å². The average molecular weight is 410 g/mol. The largest absolute Gasteiger partial charge is 0.481 e. The summed E-state index contributed by atoms with van der Waals surface area (Å²) in [7, 11) is -3.59. The number of nitrogens with zero attached hydrogens (tertiary/aromatic N) is 3. The molecule has 1 N–H and O–H groups in total. The first-order valence-corrected chi connectivity index (χ1v) is 11.6. The zero-order chi connectivity index (χ0) is 20.0. The van der Waals surface area contributed by atoms with Gasteiger partial charge in [0.25, 0.3) is 10.2 Å². The van der Waals surface area contributed by atoms with Crippen LogP contribution in [0.1, 0.15) is 31.2 Å². The standard InChI is InChI=1S/C20H31N3O4S/c24-20(25)19-10-5-13-23(17-19)28(26,27)22-14-6-12-21(15-16-22)11-4-9-18-7-2-1-3-8-18/h1-3,7-8,19H,4-6,9-17H2,(H,24,25). The molecule has 0 radical (unpaired) electrons. The van der Waals surface area contributed by atoms with E-state index in [9.17, 15) is 18.3 Å². The molecular weight excluding hydrogens is 378 g/mol. The maximum atomic E-state index is 13.0. The number of hydrogen-bond donors (Lipinski definition) is 1. The zero-order valence-corrected chi connectivity index (χ0v) is 17.2. The summed E-state index contributed by atoms with van der Waals surface area (Å²) in [4.78, 5) is 13.6. The molecule has 2 fully saturated rings. The second kappa shape index (κ2) is 9.82. The number of piperidine rings is 1. The lowest BCUT2D eigenvalue weighted by Gasteiger charge is -2.33. The molecule has 0 bridgehead atoms. The van der Waals surface area contributed by atoms with Crippen LogP contribution >= 0.6 is 0 Å². The topological polar surface area (TPSA) is 81.2 Å². The highest BCUT2D eigenvalue weighted by Crippen LogP contribution is 2.22. The molecule has 156 valence electrons. The third-order valence-corrected chi connectivity index (χ3v) is 7.72. The summed E-state index contributed by atoms with van der Waals surface area (Å²) in [5.74, 6) is -1.50. The highest BCUT2D eigenvalue weighted by atomic mass is 32.2. The van der Waals surface area contributed by atoms with Crippen molar-refractivity contribution >= 4 is 16.2 Å². The van der Waals surface area contributed by atoms with Crippen LogP contribution in [0.25, 0.3) is 0 Å². The normalized spacial score (nSPS) is 23.4. The van der Waals surface area contributed by atoms with Gasteiger partial charge in [-0.15, -0.1) is 0 Å². The van der Waals surface area contributed by atoms with E-state index in [1.165, 1.54) is 9.87 Å². The van der Waals surface area contributed by atoms with Crippen LogP contribution in [0.15, 0.2) is 30.3 Å². The molecule has 2 heterocycles. The lowest BCUT2D eigenvalue weighted by molar-refractivity contribution is -0.142. The Balaban J connectivity index is 1.50. The molecule has 2 aliphatic rings. The predicted molar refractivity (Wildman–Crippen MR) is 108 cm³/mol. The number of carboxylic acid groups (broad SMARTS) is 1. The number of carboxylic acids is 1. The molecule has 0 spiro atoms. The van der Waals surface area contributed by atoms with Gasteiger partial charge >= 0.3 is 5.97 Å². The minimum atomic E-state index is -3.59. The Hall–Kier alpha value is -1.48. The van der Waals surface area contributed by atoms with E-state index in [-0.39, 0.29) is 6.54 Å². The van der Waals surface area contributed by atoms with E-state index in [0.717, 1.165) is 38.9 Å². The van der Waals surface area contributed by atoms with Gasteiger partial charge in [-0.1, -0.05) is 30.3 Å². The fourth-order valence-corrected chi connectivity index (χ4v) is 5.80. The van der Waals surface area contributed by atoms with Gasteiger partial charge in [0.05, 0.1) is 5.92 Å². The molecule has 28 heavy (non-hydrogen) atoms. The second-order valence-corrected chi connectivity index (χ2v) is 9.66. The number of aliphatic carboxylic acids is 1. The van der Waals surface area contributed by atoms with Gasteiger partial charge in [-0.05, 0) is 50.8 Å². The summed E-state index contributed by atoms with van der Waals surface area (Å²) < 4.78 is 28.9. The van der Waals surface area contributed by atoms with Crippen molar-refractivity contribution in [1.82, 2.24) is 13.5 Å². The zero-order valence-electron chi connectivity index (χ0n) is 16.4. The predicted octanol–water partition coefficient (Wildman–Crippen LogP) is 1.67. The molecule has 1 aromatic rings. The van der Waals surface area contributed by atoms with Gasteiger partial charge in [0.1, 0.15) is 0 Å². The van der Waals surface area contributed by atoms with E-state index in [1.807, 2.05) is 6.07 Å². The Bertz CT molecular complexity index is 741. The molecule has 2 saturated heterocycles. The number of carbonyl (C=O) groups is 1. The summed E-state index contributed by atoms with van der Waals surface area (Å²) >= 11 is 0. The third kappa shape index (κ3) is 5.53. The van der Waals surface area contributed by atoms with Crippen molar-refractivity contribution < 1.29 is 18.3 Å². The first-order chi connectivity index (χ1) is 13.5. The maximum absolute atomic E-state index is 13.0. The Morgan fingerprint density at radius 2 is 1.75 bits per heavy atom. The van der Waals surface area contributed by atoms with E-state index < -0.39 is 22.1 Å². The molecule has 7 nitrogen and oxygen atoms in total. The highest BCUT2D eigenvalue weighted by Gasteiger charge is 2.36. The van der Waals surface area contributed by atoms with Crippen LogP contribution in [0.4, 0.5) is 0 Å². The maximum Gasteiger partial charge on any atom is 0.307 e. The van der Waals surface area contributed by atoms with E-state index >= 15 is 0 Å². The molecule has 3 rings (SSSR count). The molecular formula is C20H31N3O4S. The lowest BCUT2D eigenvalue weighted by Crippen LogP contribution is -2.50. The number of hydrogen-bond acceptors (Lipinski definition) is 4. The molecule has 0 aliphatic carbocycles. The van der Waals surface area contributed by atoms with Crippen LogP contribution in [-0.2, 0) is 21.4 Å². The first kappa shape index (κ1) is 21.2. The van der Waals surface area contributed by atoms with Crippen LogP contribution in [0, 0.1) is 5.92 Å². The molecule has 1 aromatic carbocycles. The Morgan fingerprint density at radius 3 is 2.50 bits per heavy atom. The van der Waals surface area contributed by atoms with Crippen LogP contribution < -0.4 is 0 Å². The second-order valence-electron chi connectivity index (χ2n) is 7.73. The van der Waals surface area contributed by atoms with E-state index in [2.05, 4.69) is 29.2 Å². The van der Waals surface area contributed by atoms with Gasteiger partial charge in [-0.2, -0.15) is 17.0 Å². The molecule has 0 amide bonds. The van der Waals surface area contributed by atoms with E-state index in [1.54, 1.807) is 4.31 Å². The van der Waals surface area contributed by atoms with Crippen molar-refractivity contribution in [2.45, 2.75) is 32.1 Å². The van der Waals surface area contributed by atoms with Gasteiger partial charge in [-0.3, -0.25) is 4.79 Å². The van der Waals surface area contributed by atoms with Crippen molar-refractivity contribution in [1.29, 1.82) is 0 Å². The lowest BCUT2D eigenvalue weighted by atomic mass is 10.0. The molecule has 2 aliphatic heterocycles. The van der Waals surface area contributed by atoms with Crippen LogP contribution in [0.2, 0.25) is 0 Å². The molecule has 1 unspecified atom stereocenters. The minimum absolute atomic E-state index is 0.0922. The fourth-order valence-electron chi connectivity index (χ4n) is 4.07. The van der Waals surface area contributed by atoms with Gasteiger partial charge in [0.15, 0.2) is 0 Å². The molecule has 0 saturated carbocycles. The Labute approximate surface area is 168 Å². The van der Waals surface area contributed by atoms with Crippen molar-refractivity contribution in [3.8, 4) is 0 Å². The van der Waals surface area contributed by atoms with Crippen LogP contribution in [0.5, 0.6) is 0 Å². The van der Waals surface area contributed by atoms with Crippen molar-refractivity contribution in [2.75, 3.05) is 45.8 Å². The van der Waals surface area contributed by atoms with Crippen molar-refractivity contribution in [2.24, 2.45) is 5.92 Å². The SMILES string of the molecule is O=C(O)C1CCCN(S(=O)(=O)N2CCCN(CCCc3ccccc3)CC2)C1. The van der Waals surface area contributed by atoms with Gasteiger partial charge in [0, 0.05) is 32.7 Å². The quantitative estimate of drug-likeness (QED) is 0.741. The summed E-state index contributed by atoms with van der Waals surface area (Å²) in [6.45, 7) is 4.09. The van der Waals surface area contributed by atoms with E-state index in [0.29, 0.717) is 32.5 Å². The molecule has 0 aromatic heterocycles. The summed E-state index contributed by atoms with van der Waals surface area (Å²) in [6, 6.07) is 10.4. The smallest absolute Gasteiger partial charge is 0.307 e. The summed E-state index contributed by atoms with van der Waals surface area (Å²) in [5, 5.41) is 9.23. The monoisotopic (exact) mass is 409 g/mol. The highest BCUT2D eigenvalue weighted by molar-refractivity contribution is 7.86. The minimum Gasteiger partial charge on any atom is -0.481 e. The van der Waals surface area contributed by atoms with Gasteiger partial charge in [0.2, 0.25) is 0 Å². The Morgan fingerprint density at radius 1 is 1.00 bits per heavy atom. The average Bonchev–Trinajstić information content (AvgIpc) is 2.95. The fraction of sp³-hybridized carbons (Fsp3) is 0.650. The Kier molecular flexibility index (Phi) is 7.45. The van der Waals surface area contributed by atoms with Gasteiger partial charge in [-0.25, -0.2) is 0 Å². The summed E-state index contributed by atoms with van der Waals surface area (Å²) in [6.07, 6.45) is 4.06. The van der Waals surface area contributed by atoms with E-state index in [4.69, 9.17) is 0 Å². The third-order valence-electron chi connectivity index (χ3n) is 5.72. The number of benzene rings is 1. The number of aryl methyl sites for hydroxylation is 1. The first-order valence-electron chi connectivity index (χ1n) is 10.2. The van der Waals surface area contributed by atoms with Crippen LogP contribution in [0.3, 0.4) is 0 Å². The summed E-state index contributed by atoms with van der Waals surface area (Å²) in [5.41, 5.74) is 1.33. The van der Waals surface area contributed by atoms with Gasteiger partial charge < -0.3 is 10.0 Å². The molecule has 8 heteroatoms. The number of rotatable bonds is 7.